The van der Waals surface area contributed by atoms with E-state index in [9.17, 15) is 19.5 Å². The second kappa shape index (κ2) is 8.78. The van der Waals surface area contributed by atoms with Gasteiger partial charge in [-0.3, -0.25) is 9.59 Å². The number of benzene rings is 1. The highest BCUT2D eigenvalue weighted by atomic mass is 32.1. The number of nitrogens with zero attached hydrogens (tertiary/aromatic N) is 1. The van der Waals surface area contributed by atoms with Crippen molar-refractivity contribution in [1.82, 2.24) is 4.90 Å². The number of carbonyl (C=O) groups excluding carboxylic acids is 2. The number of hydrogen-bond donors (Lipinski definition) is 2. The SMILES string of the molecule is CCCc1ccc(C(=O)Nc2sc3c(c2C(=O)O)CCN(C(=O)C(C)C)C3)cc1. The Bertz CT molecular complexity index is 931. The Morgan fingerprint density at radius 2 is 1.90 bits per heavy atom. The second-order valence-corrected chi connectivity index (χ2v) is 8.68. The average Bonchev–Trinajstić information content (AvgIpc) is 3.05. The highest BCUT2D eigenvalue weighted by Gasteiger charge is 2.30. The van der Waals surface area contributed by atoms with Crippen LogP contribution in [0.3, 0.4) is 0 Å². The lowest BCUT2D eigenvalue weighted by Gasteiger charge is -2.28. The first-order valence-corrected chi connectivity index (χ1v) is 10.7. The Morgan fingerprint density at radius 3 is 2.48 bits per heavy atom. The van der Waals surface area contributed by atoms with Crippen molar-refractivity contribution in [3.8, 4) is 0 Å². The van der Waals surface area contributed by atoms with Gasteiger partial charge in [0.2, 0.25) is 5.91 Å². The molecule has 1 aliphatic heterocycles. The maximum atomic E-state index is 12.7. The van der Waals surface area contributed by atoms with Crippen LogP contribution in [-0.4, -0.2) is 34.3 Å². The van der Waals surface area contributed by atoms with Crippen molar-refractivity contribution in [1.29, 1.82) is 0 Å². The molecule has 2 aromatic rings. The first kappa shape index (κ1) is 21.0. The zero-order valence-corrected chi connectivity index (χ0v) is 17.8. The number of carboxylic acids is 1. The van der Waals surface area contributed by atoms with E-state index < -0.39 is 5.97 Å². The van der Waals surface area contributed by atoms with Crippen molar-refractivity contribution in [2.45, 2.75) is 46.6 Å². The number of rotatable bonds is 6. The molecule has 3 rings (SSSR count). The van der Waals surface area contributed by atoms with Gasteiger partial charge >= 0.3 is 5.97 Å². The molecule has 2 heterocycles. The Morgan fingerprint density at radius 1 is 1.21 bits per heavy atom. The number of aryl methyl sites for hydroxylation is 1. The first-order valence-electron chi connectivity index (χ1n) is 9.88. The number of hydrogen-bond acceptors (Lipinski definition) is 4. The molecule has 0 spiro atoms. The van der Waals surface area contributed by atoms with Crippen LogP contribution in [0.5, 0.6) is 0 Å². The summed E-state index contributed by atoms with van der Waals surface area (Å²) in [5.41, 5.74) is 2.53. The molecule has 0 bridgehead atoms. The van der Waals surface area contributed by atoms with Crippen molar-refractivity contribution in [2.75, 3.05) is 11.9 Å². The van der Waals surface area contributed by atoms with Crippen LogP contribution < -0.4 is 5.32 Å². The van der Waals surface area contributed by atoms with Crippen molar-refractivity contribution in [3.05, 3.63) is 51.4 Å². The van der Waals surface area contributed by atoms with Crippen LogP contribution in [0.15, 0.2) is 24.3 Å². The summed E-state index contributed by atoms with van der Waals surface area (Å²) in [6, 6.07) is 7.37. The summed E-state index contributed by atoms with van der Waals surface area (Å²) in [7, 11) is 0. The maximum Gasteiger partial charge on any atom is 0.339 e. The fourth-order valence-corrected chi connectivity index (χ4v) is 4.81. The number of thiophene rings is 1. The molecular weight excluding hydrogens is 388 g/mol. The summed E-state index contributed by atoms with van der Waals surface area (Å²) in [6.45, 7) is 6.69. The van der Waals surface area contributed by atoms with Gasteiger partial charge < -0.3 is 15.3 Å². The smallest absolute Gasteiger partial charge is 0.339 e. The van der Waals surface area contributed by atoms with E-state index in [0.29, 0.717) is 30.1 Å². The van der Waals surface area contributed by atoms with E-state index in [0.717, 1.165) is 28.8 Å². The van der Waals surface area contributed by atoms with Gasteiger partial charge in [-0.1, -0.05) is 39.3 Å². The zero-order chi connectivity index (χ0) is 21.1. The van der Waals surface area contributed by atoms with Gasteiger partial charge in [-0.2, -0.15) is 0 Å². The molecule has 0 fully saturated rings. The normalized spacial score (nSPS) is 13.3. The lowest BCUT2D eigenvalue weighted by atomic mass is 10.0. The molecule has 0 unspecified atom stereocenters. The highest BCUT2D eigenvalue weighted by molar-refractivity contribution is 7.17. The van der Waals surface area contributed by atoms with Crippen LogP contribution in [0.4, 0.5) is 5.00 Å². The van der Waals surface area contributed by atoms with Gasteiger partial charge in [0.15, 0.2) is 0 Å². The minimum Gasteiger partial charge on any atom is -0.478 e. The Kier molecular flexibility index (Phi) is 6.37. The van der Waals surface area contributed by atoms with Crippen molar-refractivity contribution < 1.29 is 19.5 Å². The van der Waals surface area contributed by atoms with E-state index in [4.69, 9.17) is 0 Å². The number of carboxylic acid groups (broad SMARTS) is 1. The summed E-state index contributed by atoms with van der Waals surface area (Å²) in [6.07, 6.45) is 2.46. The Labute approximate surface area is 174 Å². The number of amides is 2. The average molecular weight is 415 g/mol. The third-order valence-electron chi connectivity index (χ3n) is 5.06. The molecule has 154 valence electrons. The molecule has 7 heteroatoms. The van der Waals surface area contributed by atoms with Crippen LogP contribution in [-0.2, 0) is 24.2 Å². The first-order chi connectivity index (χ1) is 13.8. The summed E-state index contributed by atoms with van der Waals surface area (Å²) >= 11 is 1.25. The topological polar surface area (TPSA) is 86.7 Å². The van der Waals surface area contributed by atoms with E-state index in [1.165, 1.54) is 11.3 Å². The molecule has 6 nitrogen and oxygen atoms in total. The summed E-state index contributed by atoms with van der Waals surface area (Å²) in [5, 5.41) is 12.8. The van der Waals surface area contributed by atoms with Crippen LogP contribution in [0.25, 0.3) is 0 Å². The van der Waals surface area contributed by atoms with Crippen molar-refractivity contribution in [2.24, 2.45) is 5.92 Å². The number of anilines is 1. The molecule has 2 N–H and O–H groups in total. The molecular formula is C22H26N2O4S. The molecule has 0 saturated carbocycles. The molecule has 0 saturated heterocycles. The number of fused-ring (bicyclic) bond motifs is 1. The largest absolute Gasteiger partial charge is 0.478 e. The summed E-state index contributed by atoms with van der Waals surface area (Å²) in [4.78, 5) is 39.5. The van der Waals surface area contributed by atoms with Crippen LogP contribution in [0.2, 0.25) is 0 Å². The lowest BCUT2D eigenvalue weighted by Crippen LogP contribution is -2.38. The van der Waals surface area contributed by atoms with E-state index in [2.05, 4.69) is 12.2 Å². The van der Waals surface area contributed by atoms with Gasteiger partial charge in [0.25, 0.3) is 5.91 Å². The third-order valence-corrected chi connectivity index (χ3v) is 6.19. The fourth-order valence-electron chi connectivity index (χ4n) is 3.56. The van der Waals surface area contributed by atoms with Gasteiger partial charge in [-0.25, -0.2) is 4.79 Å². The van der Waals surface area contributed by atoms with Gasteiger partial charge in [-0.15, -0.1) is 11.3 Å². The monoisotopic (exact) mass is 414 g/mol. The molecule has 1 aromatic heterocycles. The molecule has 0 aliphatic carbocycles. The van der Waals surface area contributed by atoms with E-state index in [-0.39, 0.29) is 23.3 Å². The summed E-state index contributed by atoms with van der Waals surface area (Å²) in [5.74, 6) is -1.44. The summed E-state index contributed by atoms with van der Waals surface area (Å²) < 4.78 is 0. The van der Waals surface area contributed by atoms with Crippen LogP contribution >= 0.6 is 11.3 Å². The standard InChI is InChI=1S/C22H26N2O4S/c1-4-5-14-6-8-15(9-7-14)19(25)23-20-18(22(27)28)16-10-11-24(12-17(16)29-20)21(26)13(2)3/h6-9,13H,4-5,10-12H2,1-3H3,(H,23,25)(H,27,28). The van der Waals surface area contributed by atoms with Crippen LogP contribution in [0.1, 0.15) is 63.9 Å². The molecule has 1 aromatic carbocycles. The van der Waals surface area contributed by atoms with E-state index in [1.54, 1.807) is 17.0 Å². The molecule has 29 heavy (non-hydrogen) atoms. The highest BCUT2D eigenvalue weighted by Crippen LogP contribution is 2.37. The number of aromatic carboxylic acids is 1. The van der Waals surface area contributed by atoms with Gasteiger partial charge in [-0.05, 0) is 36.1 Å². The predicted molar refractivity (Wildman–Crippen MR) is 114 cm³/mol. The quantitative estimate of drug-likeness (QED) is 0.742. The second-order valence-electron chi connectivity index (χ2n) is 7.58. The Balaban J connectivity index is 1.83. The maximum absolute atomic E-state index is 12.7. The van der Waals surface area contributed by atoms with Crippen molar-refractivity contribution in [3.63, 3.8) is 0 Å². The number of carbonyl (C=O) groups is 3. The van der Waals surface area contributed by atoms with Gasteiger partial charge in [0.1, 0.15) is 5.00 Å². The predicted octanol–water partition coefficient (Wildman–Crippen LogP) is 4.19. The third kappa shape index (κ3) is 4.50. The van der Waals surface area contributed by atoms with Gasteiger partial charge in [0.05, 0.1) is 12.1 Å². The Hall–Kier alpha value is -2.67. The molecule has 1 aliphatic rings. The van der Waals surface area contributed by atoms with Gasteiger partial charge in [0, 0.05) is 22.9 Å². The molecule has 0 atom stereocenters. The van der Waals surface area contributed by atoms with Crippen molar-refractivity contribution >= 4 is 34.1 Å². The fraction of sp³-hybridized carbons (Fsp3) is 0.409. The zero-order valence-electron chi connectivity index (χ0n) is 16.9. The van der Waals surface area contributed by atoms with E-state index in [1.807, 2.05) is 26.0 Å². The molecule has 2 amide bonds. The lowest BCUT2D eigenvalue weighted by molar-refractivity contribution is -0.135. The number of nitrogens with one attached hydrogen (secondary N) is 1. The van der Waals surface area contributed by atoms with Crippen LogP contribution in [0, 0.1) is 5.92 Å². The molecule has 0 radical (unpaired) electrons. The van der Waals surface area contributed by atoms with E-state index >= 15 is 0 Å². The minimum absolute atomic E-state index is 0.0543. The minimum atomic E-state index is -1.06.